The summed E-state index contributed by atoms with van der Waals surface area (Å²) >= 11 is 3.31. The fourth-order valence-corrected chi connectivity index (χ4v) is 4.11. The second-order valence-electron chi connectivity index (χ2n) is 4.99. The molecule has 1 N–H and O–H groups in total. The van der Waals surface area contributed by atoms with Gasteiger partial charge in [-0.3, -0.25) is 4.31 Å². The number of hydrogen-bond acceptors (Lipinski definition) is 3. The molecule has 0 bridgehead atoms. The Kier molecular flexibility index (Phi) is 5.11. The molecule has 0 fully saturated rings. The van der Waals surface area contributed by atoms with E-state index >= 15 is 0 Å². The van der Waals surface area contributed by atoms with Gasteiger partial charge < -0.3 is 5.11 Å². The largest absolute Gasteiger partial charge is 0.478 e. The highest BCUT2D eigenvalue weighted by atomic mass is 79.9. The average molecular weight is 398 g/mol. The monoisotopic (exact) mass is 397 g/mol. The highest BCUT2D eigenvalue weighted by molar-refractivity contribution is 9.10. The standard InChI is InChI=1S/C16H16BrNO4S/c1-3-18(14-6-4-13(17)5-7-14)23(21,22)15-9-11(2)8-12(10-15)16(19)20/h4-10H,3H2,1-2H3,(H,19,20). The maximum Gasteiger partial charge on any atom is 0.335 e. The van der Waals surface area contributed by atoms with E-state index in [1.807, 2.05) is 0 Å². The van der Waals surface area contributed by atoms with Gasteiger partial charge in [0.25, 0.3) is 10.0 Å². The van der Waals surface area contributed by atoms with Crippen LogP contribution in [-0.2, 0) is 10.0 Å². The lowest BCUT2D eigenvalue weighted by Gasteiger charge is -2.23. The van der Waals surface area contributed by atoms with Crippen molar-refractivity contribution in [3.05, 3.63) is 58.1 Å². The molecule has 0 aromatic heterocycles. The number of nitrogens with zero attached hydrogens (tertiary/aromatic N) is 1. The van der Waals surface area contributed by atoms with Crippen LogP contribution in [0.5, 0.6) is 0 Å². The lowest BCUT2D eigenvalue weighted by atomic mass is 10.1. The molecular formula is C16H16BrNO4S. The lowest BCUT2D eigenvalue weighted by Crippen LogP contribution is -2.31. The molecule has 0 atom stereocenters. The predicted octanol–water partition coefficient (Wildman–Crippen LogP) is 3.67. The molecule has 0 aliphatic heterocycles. The molecule has 0 aliphatic rings. The zero-order valence-electron chi connectivity index (χ0n) is 12.7. The minimum Gasteiger partial charge on any atom is -0.478 e. The number of carboxylic acid groups (broad SMARTS) is 1. The Morgan fingerprint density at radius 2 is 1.78 bits per heavy atom. The summed E-state index contributed by atoms with van der Waals surface area (Å²) in [5, 5.41) is 9.13. The second-order valence-corrected chi connectivity index (χ2v) is 7.76. The Balaban J connectivity index is 2.55. The lowest BCUT2D eigenvalue weighted by molar-refractivity contribution is 0.0696. The number of aryl methyl sites for hydroxylation is 1. The maximum atomic E-state index is 12.9. The highest BCUT2D eigenvalue weighted by Crippen LogP contribution is 2.26. The van der Waals surface area contributed by atoms with Gasteiger partial charge in [-0.25, -0.2) is 13.2 Å². The molecule has 0 saturated heterocycles. The van der Waals surface area contributed by atoms with E-state index in [9.17, 15) is 13.2 Å². The van der Waals surface area contributed by atoms with Crippen molar-refractivity contribution < 1.29 is 18.3 Å². The summed E-state index contributed by atoms with van der Waals surface area (Å²) < 4.78 is 27.9. The number of rotatable bonds is 5. The van der Waals surface area contributed by atoms with Gasteiger partial charge in [0.05, 0.1) is 16.1 Å². The smallest absolute Gasteiger partial charge is 0.335 e. The molecule has 0 spiro atoms. The number of anilines is 1. The minimum atomic E-state index is -3.84. The van der Waals surface area contributed by atoms with Crippen LogP contribution < -0.4 is 4.31 Å². The molecule has 122 valence electrons. The minimum absolute atomic E-state index is 0.0281. The van der Waals surface area contributed by atoms with Crippen molar-refractivity contribution >= 4 is 37.6 Å². The van der Waals surface area contributed by atoms with Gasteiger partial charge in [0, 0.05) is 11.0 Å². The number of sulfonamides is 1. The maximum absolute atomic E-state index is 12.9. The molecule has 23 heavy (non-hydrogen) atoms. The first-order chi connectivity index (χ1) is 10.8. The zero-order chi connectivity index (χ0) is 17.2. The first kappa shape index (κ1) is 17.5. The van der Waals surface area contributed by atoms with Crippen LogP contribution in [0.15, 0.2) is 51.8 Å². The molecule has 2 rings (SSSR count). The van der Waals surface area contributed by atoms with Crippen LogP contribution in [0.2, 0.25) is 0 Å². The third-order valence-corrected chi connectivity index (χ3v) is 5.70. The summed E-state index contributed by atoms with van der Waals surface area (Å²) in [6.07, 6.45) is 0. The zero-order valence-corrected chi connectivity index (χ0v) is 15.1. The summed E-state index contributed by atoms with van der Waals surface area (Å²) in [5.41, 5.74) is 1.06. The van der Waals surface area contributed by atoms with Gasteiger partial charge >= 0.3 is 5.97 Å². The predicted molar refractivity (Wildman–Crippen MR) is 92.5 cm³/mol. The SMILES string of the molecule is CCN(c1ccc(Br)cc1)S(=O)(=O)c1cc(C)cc(C(=O)O)c1. The fourth-order valence-electron chi connectivity index (χ4n) is 2.25. The van der Waals surface area contributed by atoms with Crippen LogP contribution in [0, 0.1) is 6.92 Å². The molecule has 0 unspecified atom stereocenters. The molecule has 5 nitrogen and oxygen atoms in total. The first-order valence-electron chi connectivity index (χ1n) is 6.89. The number of hydrogen-bond donors (Lipinski definition) is 1. The summed E-state index contributed by atoms with van der Waals surface area (Å²) in [6, 6.07) is 11.0. The first-order valence-corrected chi connectivity index (χ1v) is 9.12. The van der Waals surface area contributed by atoms with Crippen molar-refractivity contribution in [2.75, 3.05) is 10.8 Å². The average Bonchev–Trinajstić information content (AvgIpc) is 2.49. The second kappa shape index (κ2) is 6.72. The van der Waals surface area contributed by atoms with E-state index in [0.717, 1.165) is 4.47 Å². The summed E-state index contributed by atoms with van der Waals surface area (Å²) in [4.78, 5) is 11.1. The Morgan fingerprint density at radius 1 is 1.17 bits per heavy atom. The van der Waals surface area contributed by atoms with Gasteiger partial charge in [-0.1, -0.05) is 15.9 Å². The Hall–Kier alpha value is -1.86. The molecule has 2 aromatic rings. The van der Waals surface area contributed by atoms with E-state index in [4.69, 9.17) is 5.11 Å². The van der Waals surface area contributed by atoms with Crippen molar-refractivity contribution in [2.45, 2.75) is 18.7 Å². The van der Waals surface area contributed by atoms with Crippen molar-refractivity contribution in [1.29, 1.82) is 0 Å². The van der Waals surface area contributed by atoms with Gasteiger partial charge in [-0.15, -0.1) is 0 Å². The molecule has 7 heteroatoms. The number of aromatic carboxylic acids is 1. The third-order valence-electron chi connectivity index (χ3n) is 3.29. The van der Waals surface area contributed by atoms with E-state index in [1.54, 1.807) is 38.1 Å². The van der Waals surface area contributed by atoms with Crippen LogP contribution in [0.3, 0.4) is 0 Å². The molecular weight excluding hydrogens is 382 g/mol. The Labute approximate surface area is 143 Å². The van der Waals surface area contributed by atoms with E-state index in [-0.39, 0.29) is 17.0 Å². The van der Waals surface area contributed by atoms with Gasteiger partial charge in [0.2, 0.25) is 0 Å². The normalized spacial score (nSPS) is 11.3. The summed E-state index contributed by atoms with van der Waals surface area (Å²) in [7, 11) is -3.84. The van der Waals surface area contributed by atoms with Gasteiger partial charge in [0.1, 0.15) is 0 Å². The molecule has 0 radical (unpaired) electrons. The van der Waals surface area contributed by atoms with Crippen LogP contribution in [-0.4, -0.2) is 26.0 Å². The fraction of sp³-hybridized carbons (Fsp3) is 0.188. The van der Waals surface area contributed by atoms with Gasteiger partial charge in [-0.05, 0) is 61.9 Å². The van der Waals surface area contributed by atoms with E-state index in [2.05, 4.69) is 15.9 Å². The van der Waals surface area contributed by atoms with E-state index < -0.39 is 16.0 Å². The van der Waals surface area contributed by atoms with Crippen LogP contribution in [0.25, 0.3) is 0 Å². The van der Waals surface area contributed by atoms with E-state index in [0.29, 0.717) is 11.3 Å². The molecule has 0 amide bonds. The van der Waals surface area contributed by atoms with Gasteiger partial charge in [-0.2, -0.15) is 0 Å². The topological polar surface area (TPSA) is 74.7 Å². The van der Waals surface area contributed by atoms with Crippen molar-refractivity contribution in [3.8, 4) is 0 Å². The van der Waals surface area contributed by atoms with Crippen LogP contribution in [0.4, 0.5) is 5.69 Å². The highest BCUT2D eigenvalue weighted by Gasteiger charge is 2.25. The molecule has 0 saturated carbocycles. The molecule has 0 heterocycles. The van der Waals surface area contributed by atoms with Crippen molar-refractivity contribution in [1.82, 2.24) is 0 Å². The Morgan fingerprint density at radius 3 is 2.30 bits per heavy atom. The Bertz CT molecular complexity index is 832. The van der Waals surface area contributed by atoms with E-state index in [1.165, 1.54) is 22.5 Å². The van der Waals surface area contributed by atoms with Crippen molar-refractivity contribution in [3.63, 3.8) is 0 Å². The molecule has 2 aromatic carbocycles. The number of carbonyl (C=O) groups is 1. The summed E-state index contributed by atoms with van der Waals surface area (Å²) in [6.45, 7) is 3.63. The number of halogens is 1. The summed E-state index contributed by atoms with van der Waals surface area (Å²) in [5.74, 6) is -1.16. The third kappa shape index (κ3) is 3.73. The van der Waals surface area contributed by atoms with Crippen LogP contribution >= 0.6 is 15.9 Å². The number of benzene rings is 2. The van der Waals surface area contributed by atoms with Crippen molar-refractivity contribution in [2.24, 2.45) is 0 Å². The number of carboxylic acids is 1. The van der Waals surface area contributed by atoms with Crippen LogP contribution in [0.1, 0.15) is 22.8 Å². The van der Waals surface area contributed by atoms with Gasteiger partial charge in [0.15, 0.2) is 0 Å². The molecule has 0 aliphatic carbocycles. The quantitative estimate of drug-likeness (QED) is 0.834.